The predicted octanol–water partition coefficient (Wildman–Crippen LogP) is 3.25. The zero-order valence-corrected chi connectivity index (χ0v) is 9.17. The summed E-state index contributed by atoms with van der Waals surface area (Å²) < 4.78 is 50.3. The van der Waals surface area contributed by atoms with Crippen molar-refractivity contribution in [2.24, 2.45) is 0 Å². The zero-order chi connectivity index (χ0) is 12.5. The molecule has 94 valence electrons. The largest absolute Gasteiger partial charge is 0.416 e. The average molecular weight is 247 g/mol. The first kappa shape index (κ1) is 12.4. The minimum Gasteiger partial charge on any atom is -0.296 e. The summed E-state index contributed by atoms with van der Waals surface area (Å²) in [7, 11) is 0. The van der Waals surface area contributed by atoms with Gasteiger partial charge in [0.25, 0.3) is 0 Å². The summed E-state index contributed by atoms with van der Waals surface area (Å²) in [6.45, 7) is 1.30. The summed E-state index contributed by atoms with van der Waals surface area (Å²) in [5.41, 5.74) is -0.0695. The van der Waals surface area contributed by atoms with Crippen molar-refractivity contribution in [3.05, 3.63) is 35.4 Å². The molecule has 0 N–H and O–H groups in total. The molecular weight excluding hydrogens is 234 g/mol. The first-order valence-electron chi connectivity index (χ1n) is 5.48. The molecule has 1 fully saturated rings. The monoisotopic (exact) mass is 247 g/mol. The van der Waals surface area contributed by atoms with Crippen molar-refractivity contribution in [3.63, 3.8) is 0 Å². The molecule has 1 nitrogen and oxygen atoms in total. The van der Waals surface area contributed by atoms with Gasteiger partial charge in [0.2, 0.25) is 0 Å². The maximum atomic E-state index is 12.9. The lowest BCUT2D eigenvalue weighted by Crippen LogP contribution is -2.20. The SMILES string of the molecule is FC1CCN(Cc2cccc(C(F)(F)F)c2)C1. The Bertz CT molecular complexity index is 388. The standard InChI is InChI=1S/C12H13F4N/c13-11-4-5-17(8-11)7-9-2-1-3-10(6-9)12(14,15)16/h1-3,6,11H,4-5,7-8H2. The van der Waals surface area contributed by atoms with E-state index in [9.17, 15) is 17.6 Å². The molecule has 1 atom stereocenters. The third kappa shape index (κ3) is 3.19. The molecule has 0 saturated carbocycles. The van der Waals surface area contributed by atoms with E-state index in [2.05, 4.69) is 0 Å². The van der Waals surface area contributed by atoms with E-state index in [1.54, 1.807) is 6.07 Å². The van der Waals surface area contributed by atoms with E-state index in [1.807, 2.05) is 4.90 Å². The van der Waals surface area contributed by atoms with Crippen LogP contribution in [-0.4, -0.2) is 24.2 Å². The van der Waals surface area contributed by atoms with Gasteiger partial charge in [0, 0.05) is 19.6 Å². The molecule has 2 rings (SSSR count). The molecule has 0 bridgehead atoms. The van der Waals surface area contributed by atoms with Crippen molar-refractivity contribution in [3.8, 4) is 0 Å². The van der Waals surface area contributed by atoms with E-state index in [-0.39, 0.29) is 0 Å². The van der Waals surface area contributed by atoms with Gasteiger partial charge in [0.05, 0.1) is 5.56 Å². The van der Waals surface area contributed by atoms with Gasteiger partial charge in [-0.2, -0.15) is 13.2 Å². The fourth-order valence-corrected chi connectivity index (χ4v) is 2.03. The van der Waals surface area contributed by atoms with Crippen molar-refractivity contribution in [1.29, 1.82) is 0 Å². The van der Waals surface area contributed by atoms with Gasteiger partial charge in [-0.15, -0.1) is 0 Å². The molecule has 0 radical (unpaired) electrons. The third-order valence-corrected chi connectivity index (χ3v) is 2.88. The molecule has 0 spiro atoms. The number of alkyl halides is 4. The van der Waals surface area contributed by atoms with Crippen molar-refractivity contribution in [1.82, 2.24) is 4.90 Å². The molecule has 1 aliphatic heterocycles. The number of hydrogen-bond donors (Lipinski definition) is 0. The van der Waals surface area contributed by atoms with Crippen LogP contribution in [0.5, 0.6) is 0 Å². The van der Waals surface area contributed by atoms with Crippen LogP contribution in [-0.2, 0) is 12.7 Å². The summed E-state index contributed by atoms with van der Waals surface area (Å²) in [6, 6.07) is 5.21. The van der Waals surface area contributed by atoms with Crippen LogP contribution in [0.15, 0.2) is 24.3 Å². The molecule has 0 amide bonds. The van der Waals surface area contributed by atoms with E-state index in [0.717, 1.165) is 12.1 Å². The van der Waals surface area contributed by atoms with Crippen LogP contribution in [0.25, 0.3) is 0 Å². The van der Waals surface area contributed by atoms with Crippen LogP contribution in [0, 0.1) is 0 Å². The van der Waals surface area contributed by atoms with Crippen molar-refractivity contribution < 1.29 is 17.6 Å². The van der Waals surface area contributed by atoms with Gasteiger partial charge in [-0.3, -0.25) is 4.90 Å². The molecule has 1 unspecified atom stereocenters. The molecular formula is C12H13F4N. The Morgan fingerprint density at radius 2 is 2.06 bits per heavy atom. The van der Waals surface area contributed by atoms with Gasteiger partial charge >= 0.3 is 6.18 Å². The van der Waals surface area contributed by atoms with Crippen LogP contribution >= 0.6 is 0 Å². The van der Waals surface area contributed by atoms with E-state index in [0.29, 0.717) is 31.6 Å². The van der Waals surface area contributed by atoms with Gasteiger partial charge in [0.1, 0.15) is 6.17 Å². The quantitative estimate of drug-likeness (QED) is 0.725. The minimum absolute atomic E-state index is 0.316. The molecule has 5 heteroatoms. The van der Waals surface area contributed by atoms with Crippen molar-refractivity contribution in [2.45, 2.75) is 25.3 Å². The third-order valence-electron chi connectivity index (χ3n) is 2.88. The van der Waals surface area contributed by atoms with Crippen LogP contribution in [0.2, 0.25) is 0 Å². The summed E-state index contributed by atoms with van der Waals surface area (Å²) in [4.78, 5) is 1.83. The van der Waals surface area contributed by atoms with E-state index < -0.39 is 17.9 Å². The number of hydrogen-bond acceptors (Lipinski definition) is 1. The lowest BCUT2D eigenvalue weighted by molar-refractivity contribution is -0.137. The number of likely N-dealkylation sites (tertiary alicyclic amines) is 1. The van der Waals surface area contributed by atoms with Crippen LogP contribution in [0.1, 0.15) is 17.5 Å². The Morgan fingerprint density at radius 1 is 1.29 bits per heavy atom. The fraction of sp³-hybridized carbons (Fsp3) is 0.500. The zero-order valence-electron chi connectivity index (χ0n) is 9.17. The molecule has 17 heavy (non-hydrogen) atoms. The first-order chi connectivity index (χ1) is 7.95. The highest BCUT2D eigenvalue weighted by molar-refractivity contribution is 5.25. The molecule has 0 aliphatic carbocycles. The lowest BCUT2D eigenvalue weighted by atomic mass is 10.1. The van der Waals surface area contributed by atoms with Gasteiger partial charge in [-0.1, -0.05) is 18.2 Å². The minimum atomic E-state index is -4.32. The number of benzene rings is 1. The number of rotatable bonds is 2. The fourth-order valence-electron chi connectivity index (χ4n) is 2.03. The summed E-state index contributed by atoms with van der Waals surface area (Å²) in [6.07, 6.45) is -4.69. The molecule has 1 heterocycles. The van der Waals surface area contributed by atoms with E-state index in [1.165, 1.54) is 6.07 Å². The Hall–Kier alpha value is -1.10. The van der Waals surface area contributed by atoms with Gasteiger partial charge in [0.15, 0.2) is 0 Å². The average Bonchev–Trinajstić information content (AvgIpc) is 2.63. The van der Waals surface area contributed by atoms with Crippen molar-refractivity contribution >= 4 is 0 Å². The summed E-state index contributed by atoms with van der Waals surface area (Å²) in [5.74, 6) is 0. The first-order valence-corrected chi connectivity index (χ1v) is 5.48. The molecule has 1 saturated heterocycles. The maximum Gasteiger partial charge on any atom is 0.416 e. The molecule has 0 aromatic heterocycles. The topological polar surface area (TPSA) is 3.24 Å². The van der Waals surface area contributed by atoms with Gasteiger partial charge in [-0.25, -0.2) is 4.39 Å². The van der Waals surface area contributed by atoms with E-state index in [4.69, 9.17) is 0 Å². The van der Waals surface area contributed by atoms with E-state index >= 15 is 0 Å². The lowest BCUT2D eigenvalue weighted by Gasteiger charge is -2.15. The highest BCUT2D eigenvalue weighted by atomic mass is 19.4. The Balaban J connectivity index is 2.06. The second-order valence-corrected chi connectivity index (χ2v) is 4.32. The molecule has 1 aromatic rings. The Morgan fingerprint density at radius 3 is 2.65 bits per heavy atom. The van der Waals surface area contributed by atoms with Crippen LogP contribution < -0.4 is 0 Å². The normalized spacial score (nSPS) is 22.0. The Labute approximate surface area is 97.0 Å². The summed E-state index contributed by atoms with van der Waals surface area (Å²) in [5, 5.41) is 0. The van der Waals surface area contributed by atoms with Gasteiger partial charge < -0.3 is 0 Å². The number of nitrogens with zero attached hydrogens (tertiary/aromatic N) is 1. The van der Waals surface area contributed by atoms with Crippen LogP contribution in [0.4, 0.5) is 17.6 Å². The van der Waals surface area contributed by atoms with Crippen molar-refractivity contribution in [2.75, 3.05) is 13.1 Å². The Kier molecular flexibility index (Phi) is 3.38. The van der Waals surface area contributed by atoms with Gasteiger partial charge in [-0.05, 0) is 18.1 Å². The number of halogens is 4. The van der Waals surface area contributed by atoms with Crippen LogP contribution in [0.3, 0.4) is 0 Å². The molecule has 1 aliphatic rings. The second kappa shape index (κ2) is 4.64. The smallest absolute Gasteiger partial charge is 0.296 e. The predicted molar refractivity (Wildman–Crippen MR) is 56.2 cm³/mol. The second-order valence-electron chi connectivity index (χ2n) is 4.32. The maximum absolute atomic E-state index is 12.9. The highest BCUT2D eigenvalue weighted by Crippen LogP contribution is 2.30. The molecule has 1 aromatic carbocycles. The highest BCUT2D eigenvalue weighted by Gasteiger charge is 2.30. The summed E-state index contributed by atoms with van der Waals surface area (Å²) >= 11 is 0.